The minimum absolute atomic E-state index is 0.450. The van der Waals surface area contributed by atoms with Crippen molar-refractivity contribution in [1.29, 1.82) is 0 Å². The van der Waals surface area contributed by atoms with Crippen LogP contribution in [0.4, 0.5) is 0 Å². The third-order valence-corrected chi connectivity index (χ3v) is 10.6. The van der Waals surface area contributed by atoms with Crippen molar-refractivity contribution in [3.63, 3.8) is 0 Å². The number of fused-ring (bicyclic) bond motifs is 3. The number of nitrogens with zero attached hydrogens (tertiary/aromatic N) is 6. The Balaban J connectivity index is 1.22. The predicted octanol–water partition coefficient (Wildman–Crippen LogP) is 9.65. The van der Waals surface area contributed by atoms with Crippen LogP contribution in [-0.2, 0) is 25.1 Å². The van der Waals surface area contributed by atoms with Crippen LogP contribution in [0.3, 0.4) is 0 Å². The Kier molecular flexibility index (Phi) is 8.67. The molecule has 0 amide bonds. The molecule has 0 fully saturated rings. The smallest absolute Gasteiger partial charge is 0.177 e. The third kappa shape index (κ3) is 5.69. The third-order valence-electron chi connectivity index (χ3n) is 10.6. The molecule has 0 bridgehead atoms. The van der Waals surface area contributed by atoms with Gasteiger partial charge in [0, 0.05) is 18.5 Å². The molecule has 1 aliphatic heterocycles. The first-order chi connectivity index (χ1) is 26.6. The lowest BCUT2D eigenvalue weighted by atomic mass is 9.77. The number of imidazole rings is 1. The number of tetrazole rings is 1. The van der Waals surface area contributed by atoms with Crippen molar-refractivity contribution in [2.24, 2.45) is 0 Å². The first-order valence-corrected chi connectivity index (χ1v) is 18.6. The van der Waals surface area contributed by atoms with E-state index in [9.17, 15) is 0 Å². The summed E-state index contributed by atoms with van der Waals surface area (Å²) in [7, 11) is 0. The Hall–Kier alpha value is -6.60. The normalized spacial score (nSPS) is 13.3. The summed E-state index contributed by atoms with van der Waals surface area (Å²) in [5, 5.41) is 13.9. The molecular formula is C47H40N6O. The molecule has 0 N–H and O–H groups in total. The Bertz CT molecular complexity index is 2510. The van der Waals surface area contributed by atoms with E-state index in [0.717, 1.165) is 80.0 Å². The number of aryl methyl sites for hydroxylation is 2. The van der Waals surface area contributed by atoms with E-state index in [0.29, 0.717) is 19.0 Å². The van der Waals surface area contributed by atoms with Crippen LogP contribution in [0.15, 0.2) is 152 Å². The molecule has 7 heteroatoms. The number of para-hydroxylation sites is 1. The van der Waals surface area contributed by atoms with E-state index in [2.05, 4.69) is 163 Å². The summed E-state index contributed by atoms with van der Waals surface area (Å²) in [5.74, 6) is 2.56. The molecule has 7 nitrogen and oxygen atoms in total. The zero-order valence-electron chi connectivity index (χ0n) is 30.4. The highest BCUT2D eigenvalue weighted by Crippen LogP contribution is 2.43. The summed E-state index contributed by atoms with van der Waals surface area (Å²) in [6, 6.07) is 53.0. The fraction of sp³-hybridized carbons (Fsp3) is 0.149. The van der Waals surface area contributed by atoms with E-state index in [1.165, 1.54) is 5.56 Å². The van der Waals surface area contributed by atoms with Gasteiger partial charge >= 0.3 is 0 Å². The van der Waals surface area contributed by atoms with E-state index < -0.39 is 5.54 Å². The lowest BCUT2D eigenvalue weighted by Crippen LogP contribution is -2.39. The van der Waals surface area contributed by atoms with Crippen LogP contribution in [0.5, 0.6) is 5.75 Å². The molecular weight excluding hydrogens is 665 g/mol. The maximum atomic E-state index is 6.65. The molecule has 0 radical (unpaired) electrons. The van der Waals surface area contributed by atoms with Gasteiger partial charge in [-0.2, -0.15) is 0 Å². The topological polar surface area (TPSA) is 70.7 Å². The van der Waals surface area contributed by atoms with Crippen molar-refractivity contribution < 1.29 is 4.74 Å². The zero-order valence-corrected chi connectivity index (χ0v) is 30.4. The van der Waals surface area contributed by atoms with Crippen LogP contribution < -0.4 is 4.74 Å². The second kappa shape index (κ2) is 14.1. The molecule has 2 aromatic heterocycles. The van der Waals surface area contributed by atoms with Crippen LogP contribution in [0.1, 0.15) is 69.5 Å². The Labute approximate surface area is 315 Å². The van der Waals surface area contributed by atoms with Gasteiger partial charge in [-0.1, -0.05) is 146 Å². The van der Waals surface area contributed by atoms with Gasteiger partial charge in [0.25, 0.3) is 0 Å². The van der Waals surface area contributed by atoms with Crippen molar-refractivity contribution in [3.8, 4) is 5.75 Å². The molecule has 0 unspecified atom stereocenters. The van der Waals surface area contributed by atoms with Gasteiger partial charge in [0.1, 0.15) is 23.7 Å². The average molecular weight is 705 g/mol. The molecule has 8 aromatic rings. The predicted molar refractivity (Wildman–Crippen MR) is 214 cm³/mol. The van der Waals surface area contributed by atoms with Crippen molar-refractivity contribution in [3.05, 3.63) is 208 Å². The quantitative estimate of drug-likeness (QED) is 0.140. The summed E-state index contributed by atoms with van der Waals surface area (Å²) < 4.78 is 11.0. The molecule has 0 saturated carbocycles. The van der Waals surface area contributed by atoms with E-state index in [4.69, 9.17) is 20.0 Å². The first-order valence-electron chi connectivity index (χ1n) is 18.6. The Morgan fingerprint density at radius 1 is 0.722 bits per heavy atom. The number of ether oxygens (including phenoxy) is 1. The first kappa shape index (κ1) is 33.3. The van der Waals surface area contributed by atoms with Crippen LogP contribution >= 0.6 is 0 Å². The number of aromatic nitrogens is 6. The number of hydrogen-bond acceptors (Lipinski definition) is 5. The minimum atomic E-state index is -0.866. The number of benzene rings is 6. The van der Waals surface area contributed by atoms with Crippen molar-refractivity contribution in [2.75, 3.05) is 0 Å². The fourth-order valence-electron chi connectivity index (χ4n) is 8.04. The average Bonchev–Trinajstić information content (AvgIpc) is 3.79. The van der Waals surface area contributed by atoms with Crippen molar-refractivity contribution in [2.45, 2.75) is 45.4 Å². The van der Waals surface area contributed by atoms with Gasteiger partial charge in [-0.25, -0.2) is 9.67 Å². The van der Waals surface area contributed by atoms with Gasteiger partial charge < -0.3 is 9.30 Å². The molecule has 264 valence electrons. The molecule has 0 saturated heterocycles. The summed E-state index contributed by atoms with van der Waals surface area (Å²) in [5.41, 5.74) is 11.0. The Morgan fingerprint density at radius 2 is 1.39 bits per heavy atom. The minimum Gasteiger partial charge on any atom is -0.488 e. The van der Waals surface area contributed by atoms with Gasteiger partial charge in [-0.05, 0) is 86.5 Å². The molecule has 0 aliphatic carbocycles. The van der Waals surface area contributed by atoms with Gasteiger partial charge in [-0.15, -0.1) is 5.10 Å². The van der Waals surface area contributed by atoms with E-state index >= 15 is 0 Å². The monoisotopic (exact) mass is 704 g/mol. The fourth-order valence-corrected chi connectivity index (χ4v) is 8.04. The highest BCUT2D eigenvalue weighted by atomic mass is 16.5. The van der Waals surface area contributed by atoms with Crippen LogP contribution in [0.2, 0.25) is 0 Å². The summed E-state index contributed by atoms with van der Waals surface area (Å²) >= 11 is 0. The summed E-state index contributed by atoms with van der Waals surface area (Å²) in [6.45, 7) is 5.49. The highest BCUT2D eigenvalue weighted by molar-refractivity contribution is 5.94. The van der Waals surface area contributed by atoms with E-state index in [-0.39, 0.29) is 0 Å². The molecule has 0 atom stereocenters. The van der Waals surface area contributed by atoms with E-state index in [1.807, 2.05) is 22.9 Å². The highest BCUT2D eigenvalue weighted by Gasteiger charge is 2.41. The van der Waals surface area contributed by atoms with Crippen molar-refractivity contribution >= 4 is 22.7 Å². The van der Waals surface area contributed by atoms with Crippen LogP contribution in [-0.4, -0.2) is 29.8 Å². The van der Waals surface area contributed by atoms with Gasteiger partial charge in [0.15, 0.2) is 5.82 Å². The molecule has 3 heterocycles. The maximum absolute atomic E-state index is 6.65. The number of rotatable bonds is 9. The standard InChI is InChI=1S/C47H40N6O/c1-3-16-44-48-46-33(2)17-15-26-42(46)52(44)31-34-27-28-40-41(39-25-14-13-18-35(39)32-54-43(40)29-34)30-45-49-50-51-53(45)47(36-19-7-4-8-20-36,37-21-9-5-10-22-37)38-23-11-6-12-24-38/h4-15,17-30H,3,16,31-32H2,1-2H3/b41-30+. The Morgan fingerprint density at radius 3 is 2.07 bits per heavy atom. The summed E-state index contributed by atoms with van der Waals surface area (Å²) in [6.07, 6.45) is 4.08. The van der Waals surface area contributed by atoms with Gasteiger partial charge in [0.05, 0.1) is 11.0 Å². The molecule has 6 aromatic carbocycles. The van der Waals surface area contributed by atoms with Gasteiger partial charge in [0.2, 0.25) is 0 Å². The number of hydrogen-bond donors (Lipinski definition) is 0. The second-order valence-corrected chi connectivity index (χ2v) is 13.9. The van der Waals surface area contributed by atoms with Gasteiger partial charge in [-0.3, -0.25) is 0 Å². The second-order valence-electron chi connectivity index (χ2n) is 13.9. The maximum Gasteiger partial charge on any atom is 0.177 e. The molecule has 0 spiro atoms. The van der Waals surface area contributed by atoms with E-state index in [1.54, 1.807) is 0 Å². The zero-order chi connectivity index (χ0) is 36.5. The lowest BCUT2D eigenvalue weighted by molar-refractivity contribution is 0.307. The lowest BCUT2D eigenvalue weighted by Gasteiger charge is -2.36. The van der Waals surface area contributed by atoms with Crippen LogP contribution in [0, 0.1) is 6.92 Å². The summed E-state index contributed by atoms with van der Waals surface area (Å²) in [4.78, 5) is 5.08. The SMILES string of the molecule is CCCc1nc2c(C)cccc2n1Cc1ccc2c(c1)OCc1ccccc1/C2=C\c1nnnn1C(c1ccccc1)(c1ccccc1)c1ccccc1. The molecule has 9 rings (SSSR count). The van der Waals surface area contributed by atoms with Crippen LogP contribution in [0.25, 0.3) is 22.7 Å². The molecule has 1 aliphatic rings. The largest absolute Gasteiger partial charge is 0.488 e. The van der Waals surface area contributed by atoms with Crippen molar-refractivity contribution in [1.82, 2.24) is 29.8 Å². The molecule has 54 heavy (non-hydrogen) atoms.